The minimum absolute atomic E-state index is 0.00798. The summed E-state index contributed by atoms with van der Waals surface area (Å²) in [5.74, 6) is 0.431. The zero-order valence-electron chi connectivity index (χ0n) is 16.7. The molecular weight excluding hydrogens is 422 g/mol. The standard InChI is InChI=1S/C22H22ClN3O3S/c1-13-10-25-22(30-13)16-7-15(8-19(9-16)29-18-5-6-28-12-18)21(27)26-14(2)20-4-3-17(23)11-24-20/h3-4,7-11,14,18H,5-6,12H2,1-2H3,(H,26,27)/t14?,18-/m1/s1. The van der Waals surface area contributed by atoms with Crippen LogP contribution in [-0.2, 0) is 4.74 Å². The Hall–Kier alpha value is -2.48. The third kappa shape index (κ3) is 4.98. The molecule has 1 saturated heterocycles. The Kier molecular flexibility index (Phi) is 6.32. The van der Waals surface area contributed by atoms with Crippen molar-refractivity contribution in [2.75, 3.05) is 13.2 Å². The zero-order chi connectivity index (χ0) is 21.1. The maximum absolute atomic E-state index is 13.0. The lowest BCUT2D eigenvalue weighted by molar-refractivity contribution is 0.0938. The summed E-state index contributed by atoms with van der Waals surface area (Å²) in [6.07, 6.45) is 4.22. The van der Waals surface area contributed by atoms with Gasteiger partial charge in [-0.1, -0.05) is 11.6 Å². The molecule has 156 valence electrons. The number of nitrogens with one attached hydrogen (secondary N) is 1. The molecule has 0 aliphatic carbocycles. The van der Waals surface area contributed by atoms with Crippen molar-refractivity contribution in [3.8, 4) is 16.3 Å². The third-order valence-corrected chi connectivity index (χ3v) is 5.95. The second kappa shape index (κ2) is 9.12. The predicted octanol–water partition coefficient (Wildman–Crippen LogP) is 4.83. The molecule has 1 aliphatic heterocycles. The Labute approximate surface area is 184 Å². The summed E-state index contributed by atoms with van der Waals surface area (Å²) >= 11 is 7.48. The van der Waals surface area contributed by atoms with Gasteiger partial charge in [0.2, 0.25) is 0 Å². The van der Waals surface area contributed by atoms with Gasteiger partial charge in [0.25, 0.3) is 5.91 Å². The first kappa shape index (κ1) is 20.8. The molecular formula is C22H22ClN3O3S. The van der Waals surface area contributed by atoms with Crippen molar-refractivity contribution in [1.29, 1.82) is 0 Å². The minimum Gasteiger partial charge on any atom is -0.488 e. The van der Waals surface area contributed by atoms with E-state index in [0.29, 0.717) is 29.5 Å². The zero-order valence-corrected chi connectivity index (χ0v) is 18.3. The molecule has 0 spiro atoms. The van der Waals surface area contributed by atoms with E-state index in [0.717, 1.165) is 27.6 Å². The Balaban J connectivity index is 1.59. The number of nitrogens with zero attached hydrogens (tertiary/aromatic N) is 2. The van der Waals surface area contributed by atoms with E-state index in [1.807, 2.05) is 32.2 Å². The fourth-order valence-corrected chi connectivity index (χ4v) is 4.07. The quantitative estimate of drug-likeness (QED) is 0.590. The van der Waals surface area contributed by atoms with E-state index in [4.69, 9.17) is 21.1 Å². The van der Waals surface area contributed by atoms with Crippen LogP contribution in [0.15, 0.2) is 42.7 Å². The number of thiazole rings is 1. The Morgan fingerprint density at radius 1 is 1.30 bits per heavy atom. The van der Waals surface area contributed by atoms with Gasteiger partial charge in [0.15, 0.2) is 0 Å². The lowest BCUT2D eigenvalue weighted by Gasteiger charge is -2.16. The van der Waals surface area contributed by atoms with Crippen LogP contribution in [0.2, 0.25) is 5.02 Å². The lowest BCUT2D eigenvalue weighted by atomic mass is 10.1. The van der Waals surface area contributed by atoms with Crippen molar-refractivity contribution < 1.29 is 14.3 Å². The van der Waals surface area contributed by atoms with Crippen LogP contribution in [0.3, 0.4) is 0 Å². The highest BCUT2D eigenvalue weighted by Crippen LogP contribution is 2.30. The molecule has 0 saturated carbocycles. The van der Waals surface area contributed by atoms with Gasteiger partial charge in [-0.2, -0.15) is 0 Å². The summed E-state index contributed by atoms with van der Waals surface area (Å²) < 4.78 is 11.5. The molecule has 2 atom stereocenters. The summed E-state index contributed by atoms with van der Waals surface area (Å²) in [5, 5.41) is 4.40. The monoisotopic (exact) mass is 443 g/mol. The van der Waals surface area contributed by atoms with Crippen LogP contribution >= 0.6 is 22.9 Å². The molecule has 0 bridgehead atoms. The average Bonchev–Trinajstić information content (AvgIpc) is 3.40. The number of hydrogen-bond acceptors (Lipinski definition) is 6. The van der Waals surface area contributed by atoms with Crippen molar-refractivity contribution in [2.24, 2.45) is 0 Å². The Morgan fingerprint density at radius 3 is 2.83 bits per heavy atom. The molecule has 6 nitrogen and oxygen atoms in total. The number of hydrogen-bond donors (Lipinski definition) is 1. The maximum atomic E-state index is 13.0. The van der Waals surface area contributed by atoms with Crippen LogP contribution in [0, 0.1) is 6.92 Å². The summed E-state index contributed by atoms with van der Waals surface area (Å²) in [7, 11) is 0. The van der Waals surface area contributed by atoms with Crippen LogP contribution in [0.25, 0.3) is 10.6 Å². The topological polar surface area (TPSA) is 73.3 Å². The Bertz CT molecular complexity index is 1030. The van der Waals surface area contributed by atoms with Gasteiger partial charge in [-0.15, -0.1) is 11.3 Å². The molecule has 1 aliphatic rings. The van der Waals surface area contributed by atoms with Gasteiger partial charge in [0, 0.05) is 34.8 Å². The lowest BCUT2D eigenvalue weighted by Crippen LogP contribution is -2.27. The number of carbonyl (C=O) groups is 1. The molecule has 30 heavy (non-hydrogen) atoms. The van der Waals surface area contributed by atoms with E-state index in [1.165, 1.54) is 0 Å². The van der Waals surface area contributed by atoms with Crippen molar-refractivity contribution >= 4 is 28.8 Å². The van der Waals surface area contributed by atoms with E-state index in [1.54, 1.807) is 35.7 Å². The van der Waals surface area contributed by atoms with Crippen LogP contribution in [-0.4, -0.2) is 35.2 Å². The van der Waals surface area contributed by atoms with Crippen molar-refractivity contribution in [3.63, 3.8) is 0 Å². The van der Waals surface area contributed by atoms with Crippen molar-refractivity contribution in [2.45, 2.75) is 32.4 Å². The highest BCUT2D eigenvalue weighted by molar-refractivity contribution is 7.14. The maximum Gasteiger partial charge on any atom is 0.251 e. The van der Waals surface area contributed by atoms with E-state index < -0.39 is 0 Å². The van der Waals surface area contributed by atoms with E-state index in [9.17, 15) is 4.79 Å². The van der Waals surface area contributed by atoms with Gasteiger partial charge in [0.1, 0.15) is 16.9 Å². The molecule has 1 fully saturated rings. The number of aryl methyl sites for hydroxylation is 1. The first-order chi connectivity index (χ1) is 14.5. The van der Waals surface area contributed by atoms with Crippen LogP contribution in [0.5, 0.6) is 5.75 Å². The van der Waals surface area contributed by atoms with E-state index >= 15 is 0 Å². The molecule has 1 amide bonds. The van der Waals surface area contributed by atoms with Crippen molar-refractivity contribution in [1.82, 2.24) is 15.3 Å². The number of rotatable bonds is 6. The smallest absolute Gasteiger partial charge is 0.251 e. The van der Waals surface area contributed by atoms with Gasteiger partial charge in [-0.05, 0) is 44.2 Å². The SMILES string of the molecule is Cc1cnc(-c2cc(O[C@@H]3CCOC3)cc(C(=O)NC(C)c3ccc(Cl)cn3)c2)s1. The van der Waals surface area contributed by atoms with Gasteiger partial charge in [-0.3, -0.25) is 9.78 Å². The summed E-state index contributed by atoms with van der Waals surface area (Å²) in [5.41, 5.74) is 2.10. The van der Waals surface area contributed by atoms with Gasteiger partial charge >= 0.3 is 0 Å². The Morgan fingerprint density at radius 2 is 2.17 bits per heavy atom. The van der Waals surface area contributed by atoms with Crippen LogP contribution in [0.4, 0.5) is 0 Å². The molecule has 3 aromatic rings. The average molecular weight is 444 g/mol. The third-order valence-electron chi connectivity index (χ3n) is 4.77. The van der Waals surface area contributed by atoms with Gasteiger partial charge in [-0.25, -0.2) is 4.98 Å². The molecule has 4 rings (SSSR count). The van der Waals surface area contributed by atoms with Crippen molar-refractivity contribution in [3.05, 3.63) is 63.9 Å². The number of benzene rings is 1. The number of halogens is 1. The minimum atomic E-state index is -0.270. The number of pyridine rings is 1. The largest absolute Gasteiger partial charge is 0.488 e. The molecule has 2 aromatic heterocycles. The molecule has 0 radical (unpaired) electrons. The highest BCUT2D eigenvalue weighted by atomic mass is 35.5. The summed E-state index contributed by atoms with van der Waals surface area (Å²) in [4.78, 5) is 22.9. The second-order valence-corrected chi connectivity index (χ2v) is 8.89. The van der Waals surface area contributed by atoms with E-state index in [-0.39, 0.29) is 18.1 Å². The second-order valence-electron chi connectivity index (χ2n) is 7.22. The molecule has 1 N–H and O–H groups in total. The molecule has 3 heterocycles. The van der Waals surface area contributed by atoms with Crippen LogP contribution < -0.4 is 10.1 Å². The van der Waals surface area contributed by atoms with Crippen LogP contribution in [0.1, 0.15) is 40.3 Å². The highest BCUT2D eigenvalue weighted by Gasteiger charge is 2.20. The molecule has 1 aromatic carbocycles. The predicted molar refractivity (Wildman–Crippen MR) is 117 cm³/mol. The fraction of sp³-hybridized carbons (Fsp3) is 0.318. The summed E-state index contributed by atoms with van der Waals surface area (Å²) in [6.45, 7) is 5.14. The van der Waals surface area contributed by atoms with Gasteiger partial charge < -0.3 is 14.8 Å². The first-order valence-corrected chi connectivity index (χ1v) is 10.9. The number of amides is 1. The van der Waals surface area contributed by atoms with E-state index in [2.05, 4.69) is 15.3 Å². The number of carbonyl (C=O) groups excluding carboxylic acids is 1. The first-order valence-electron chi connectivity index (χ1n) is 9.72. The molecule has 8 heteroatoms. The molecule has 1 unspecified atom stereocenters. The van der Waals surface area contributed by atoms with Gasteiger partial charge in [0.05, 0.1) is 30.0 Å². The normalized spacial score (nSPS) is 17.0. The fourth-order valence-electron chi connectivity index (χ4n) is 3.21. The number of aromatic nitrogens is 2. The number of ether oxygens (including phenoxy) is 2. The summed E-state index contributed by atoms with van der Waals surface area (Å²) in [6, 6.07) is 8.82.